The molecule has 2 amide bonds. The predicted molar refractivity (Wildman–Crippen MR) is 91.1 cm³/mol. The Labute approximate surface area is 138 Å². The summed E-state index contributed by atoms with van der Waals surface area (Å²) < 4.78 is 0. The van der Waals surface area contributed by atoms with Gasteiger partial charge in [-0.2, -0.15) is 12.6 Å². The quantitative estimate of drug-likeness (QED) is 0.362. The maximum atomic E-state index is 12.2. The Morgan fingerprint density at radius 1 is 1.14 bits per heavy atom. The third-order valence-electron chi connectivity index (χ3n) is 3.37. The summed E-state index contributed by atoms with van der Waals surface area (Å²) in [6.45, 7) is 2.53. The number of Topliss-reactive ketones (excluding diaryl/α,β-unsaturated/α-hetero) is 1. The number of nitrogens with one attached hydrogen (secondary N) is 2. The van der Waals surface area contributed by atoms with Gasteiger partial charge in [-0.1, -0.05) is 6.42 Å². The molecule has 7 heteroatoms. The Bertz CT molecular complexity index is 364. The number of likely N-dealkylation sites (N-methyl/N-ethyl adjacent to an activating group) is 2. The van der Waals surface area contributed by atoms with Crippen LogP contribution in [0.15, 0.2) is 0 Å². The zero-order valence-electron chi connectivity index (χ0n) is 13.9. The van der Waals surface area contributed by atoms with Crippen molar-refractivity contribution in [2.45, 2.75) is 45.1 Å². The highest BCUT2D eigenvalue weighted by molar-refractivity contribution is 7.80. The molecule has 0 bridgehead atoms. The van der Waals surface area contributed by atoms with Crippen molar-refractivity contribution in [2.24, 2.45) is 0 Å². The largest absolute Gasteiger partial charge is 0.353 e. The number of ketones is 1. The van der Waals surface area contributed by atoms with Crippen molar-refractivity contribution < 1.29 is 14.4 Å². The molecule has 0 aromatic rings. The van der Waals surface area contributed by atoms with Crippen LogP contribution in [0.3, 0.4) is 0 Å². The lowest BCUT2D eigenvalue weighted by Crippen LogP contribution is -2.49. The van der Waals surface area contributed by atoms with Gasteiger partial charge in [-0.3, -0.25) is 14.4 Å². The molecule has 6 nitrogen and oxygen atoms in total. The zero-order valence-corrected chi connectivity index (χ0v) is 14.7. The van der Waals surface area contributed by atoms with Crippen molar-refractivity contribution in [1.29, 1.82) is 0 Å². The van der Waals surface area contributed by atoms with Gasteiger partial charge in [0.05, 0.1) is 0 Å². The summed E-state index contributed by atoms with van der Waals surface area (Å²) >= 11 is 4.13. The number of unbranched alkanes of at least 4 members (excludes halogenated alkanes) is 2. The van der Waals surface area contributed by atoms with Crippen molar-refractivity contribution in [3.05, 3.63) is 0 Å². The predicted octanol–water partition coefficient (Wildman–Crippen LogP) is 0.618. The molecule has 128 valence electrons. The first-order valence-electron chi connectivity index (χ1n) is 7.72. The molecule has 0 aliphatic carbocycles. The van der Waals surface area contributed by atoms with Gasteiger partial charge in [0.25, 0.3) is 0 Å². The minimum absolute atomic E-state index is 0.0459. The number of rotatable bonds is 12. The lowest BCUT2D eigenvalue weighted by atomic mass is 10.1. The van der Waals surface area contributed by atoms with Crippen molar-refractivity contribution >= 4 is 30.2 Å². The first-order chi connectivity index (χ1) is 10.4. The summed E-state index contributed by atoms with van der Waals surface area (Å²) in [4.78, 5) is 37.1. The molecule has 0 spiro atoms. The first-order valence-corrected chi connectivity index (χ1v) is 8.35. The van der Waals surface area contributed by atoms with Gasteiger partial charge >= 0.3 is 0 Å². The smallest absolute Gasteiger partial charge is 0.243 e. The minimum atomic E-state index is -0.730. The number of nitrogens with zero attached hydrogens (tertiary/aromatic N) is 1. The van der Waals surface area contributed by atoms with Crippen LogP contribution in [-0.2, 0) is 14.4 Å². The van der Waals surface area contributed by atoms with Gasteiger partial charge in [-0.05, 0) is 32.6 Å². The van der Waals surface area contributed by atoms with Crippen LogP contribution in [0.1, 0.15) is 39.0 Å². The summed E-state index contributed by atoms with van der Waals surface area (Å²) in [5, 5.41) is 5.67. The molecule has 1 atom stereocenters. The van der Waals surface area contributed by atoms with E-state index in [0.29, 0.717) is 19.5 Å². The van der Waals surface area contributed by atoms with Crippen LogP contribution in [0.25, 0.3) is 0 Å². The fraction of sp³-hybridized carbons (Fsp3) is 0.800. The van der Waals surface area contributed by atoms with Gasteiger partial charge in [-0.25, -0.2) is 0 Å². The molecule has 22 heavy (non-hydrogen) atoms. The van der Waals surface area contributed by atoms with Gasteiger partial charge in [0.2, 0.25) is 11.8 Å². The second-order valence-electron chi connectivity index (χ2n) is 5.36. The standard InChI is InChI=1S/C15H29N3O3S/c1-12(19)11-13(15(21)17-9-8-16-2)18(3)14(20)7-5-4-6-10-22/h13,16,22H,4-11H2,1-3H3,(H,17,21)/t13-/m0/s1. The molecule has 0 saturated carbocycles. The van der Waals surface area contributed by atoms with Crippen molar-refractivity contribution in [3.8, 4) is 0 Å². The molecule has 0 fully saturated rings. The number of hydrogen-bond donors (Lipinski definition) is 3. The van der Waals surface area contributed by atoms with Crippen LogP contribution < -0.4 is 10.6 Å². The summed E-state index contributed by atoms with van der Waals surface area (Å²) in [5.74, 6) is 0.319. The molecule has 0 radical (unpaired) electrons. The zero-order chi connectivity index (χ0) is 17.0. The molecule has 0 aromatic carbocycles. The van der Waals surface area contributed by atoms with Crippen LogP contribution >= 0.6 is 12.6 Å². The molecule has 0 aromatic heterocycles. The van der Waals surface area contributed by atoms with E-state index in [1.807, 2.05) is 0 Å². The van der Waals surface area contributed by atoms with E-state index < -0.39 is 6.04 Å². The fourth-order valence-electron chi connectivity index (χ4n) is 2.02. The van der Waals surface area contributed by atoms with Crippen LogP contribution in [0, 0.1) is 0 Å². The first kappa shape index (κ1) is 20.9. The van der Waals surface area contributed by atoms with Gasteiger partial charge in [-0.15, -0.1) is 0 Å². The number of amides is 2. The Kier molecular flexibility index (Phi) is 11.9. The van der Waals surface area contributed by atoms with E-state index in [1.165, 1.54) is 11.8 Å². The van der Waals surface area contributed by atoms with Gasteiger partial charge in [0.15, 0.2) is 0 Å². The molecular weight excluding hydrogens is 302 g/mol. The summed E-state index contributed by atoms with van der Waals surface area (Å²) in [6, 6.07) is -0.730. The van der Waals surface area contributed by atoms with Gasteiger partial charge in [0, 0.05) is 33.0 Å². The van der Waals surface area contributed by atoms with E-state index in [9.17, 15) is 14.4 Å². The maximum absolute atomic E-state index is 12.2. The van der Waals surface area contributed by atoms with Crippen molar-refractivity contribution in [1.82, 2.24) is 15.5 Å². The highest BCUT2D eigenvalue weighted by Gasteiger charge is 2.27. The second-order valence-corrected chi connectivity index (χ2v) is 5.80. The highest BCUT2D eigenvalue weighted by atomic mass is 32.1. The number of thiol groups is 1. The monoisotopic (exact) mass is 331 g/mol. The highest BCUT2D eigenvalue weighted by Crippen LogP contribution is 2.09. The maximum Gasteiger partial charge on any atom is 0.243 e. The van der Waals surface area contributed by atoms with Crippen LogP contribution in [0.5, 0.6) is 0 Å². The lowest BCUT2D eigenvalue weighted by Gasteiger charge is -2.26. The third kappa shape index (κ3) is 9.04. The van der Waals surface area contributed by atoms with E-state index in [-0.39, 0.29) is 24.0 Å². The molecule has 0 rings (SSSR count). The van der Waals surface area contributed by atoms with Crippen LogP contribution in [0.2, 0.25) is 0 Å². The average molecular weight is 331 g/mol. The fourth-order valence-corrected chi connectivity index (χ4v) is 2.24. The molecule has 0 saturated heterocycles. The van der Waals surface area contributed by atoms with E-state index in [4.69, 9.17) is 0 Å². The second kappa shape index (κ2) is 12.5. The number of carbonyl (C=O) groups excluding carboxylic acids is 3. The Morgan fingerprint density at radius 3 is 2.36 bits per heavy atom. The summed E-state index contributed by atoms with van der Waals surface area (Å²) in [5.41, 5.74) is 0. The number of carbonyl (C=O) groups is 3. The summed E-state index contributed by atoms with van der Waals surface area (Å²) in [7, 11) is 3.38. The average Bonchev–Trinajstić information content (AvgIpc) is 2.48. The lowest BCUT2D eigenvalue weighted by molar-refractivity contribution is -0.140. The SMILES string of the molecule is CNCCNC(=O)[C@H](CC(C)=O)N(C)C(=O)CCCCCS. The normalized spacial score (nSPS) is 11.8. The molecule has 0 unspecified atom stereocenters. The molecule has 0 aliphatic rings. The van der Waals surface area contributed by atoms with Crippen molar-refractivity contribution in [2.75, 3.05) is 32.9 Å². The van der Waals surface area contributed by atoms with E-state index >= 15 is 0 Å². The Hall–Kier alpha value is -1.08. The van der Waals surface area contributed by atoms with Crippen LogP contribution in [-0.4, -0.2) is 61.5 Å². The Balaban J connectivity index is 4.54. The van der Waals surface area contributed by atoms with Crippen molar-refractivity contribution in [3.63, 3.8) is 0 Å². The minimum Gasteiger partial charge on any atom is -0.353 e. The Morgan fingerprint density at radius 2 is 1.82 bits per heavy atom. The molecule has 0 aliphatic heterocycles. The number of hydrogen-bond acceptors (Lipinski definition) is 5. The van der Waals surface area contributed by atoms with E-state index in [2.05, 4.69) is 23.3 Å². The third-order valence-corrected chi connectivity index (χ3v) is 3.68. The van der Waals surface area contributed by atoms with Gasteiger partial charge < -0.3 is 15.5 Å². The van der Waals surface area contributed by atoms with Crippen LogP contribution in [0.4, 0.5) is 0 Å². The molecule has 2 N–H and O–H groups in total. The summed E-state index contributed by atoms with van der Waals surface area (Å²) in [6.07, 6.45) is 3.13. The van der Waals surface area contributed by atoms with Gasteiger partial charge in [0.1, 0.15) is 11.8 Å². The van der Waals surface area contributed by atoms with E-state index in [0.717, 1.165) is 25.0 Å². The molecule has 0 heterocycles. The molecular formula is C15H29N3O3S. The van der Waals surface area contributed by atoms with E-state index in [1.54, 1.807) is 14.1 Å². The topological polar surface area (TPSA) is 78.5 Å².